The van der Waals surface area contributed by atoms with Gasteiger partial charge in [0.15, 0.2) is 0 Å². The summed E-state index contributed by atoms with van der Waals surface area (Å²) >= 11 is 0. The lowest BCUT2D eigenvalue weighted by molar-refractivity contribution is 0.669. The number of hydrogen-bond acceptors (Lipinski definition) is 2. The van der Waals surface area contributed by atoms with Crippen molar-refractivity contribution in [3.8, 4) is 33.4 Å². The predicted octanol–water partition coefficient (Wildman–Crippen LogP) is 14.4. The van der Waals surface area contributed by atoms with E-state index in [2.05, 4.69) is 193 Å². The third kappa shape index (κ3) is 5.04. The van der Waals surface area contributed by atoms with Crippen LogP contribution >= 0.6 is 0 Å². The van der Waals surface area contributed by atoms with Crippen molar-refractivity contribution in [2.24, 2.45) is 0 Å². The van der Waals surface area contributed by atoms with Gasteiger partial charge in [-0.25, -0.2) is 0 Å². The fourth-order valence-electron chi connectivity index (χ4n) is 7.85. The molecule has 0 radical (unpaired) electrons. The molecular weight excluding hydrogens is 631 g/mol. The molecule has 0 atom stereocenters. The van der Waals surface area contributed by atoms with Crippen molar-refractivity contribution in [3.63, 3.8) is 0 Å². The summed E-state index contributed by atoms with van der Waals surface area (Å²) in [5, 5.41) is 7.20. The van der Waals surface area contributed by atoms with Gasteiger partial charge >= 0.3 is 0 Å². The first-order chi connectivity index (χ1) is 25.8. The lowest BCUT2D eigenvalue weighted by Gasteiger charge is -2.28. The Balaban J connectivity index is 1.13. The average Bonchev–Trinajstić information content (AvgIpc) is 3.61. The Bertz CT molecular complexity index is 2880. The number of nitrogens with zero attached hydrogens (tertiary/aromatic N) is 1. The maximum absolute atomic E-state index is 6.23. The molecule has 0 spiro atoms. The second-order valence-electron chi connectivity index (χ2n) is 13.3. The van der Waals surface area contributed by atoms with Crippen molar-refractivity contribution in [1.29, 1.82) is 0 Å². The van der Waals surface area contributed by atoms with Gasteiger partial charge in [-0.1, -0.05) is 158 Å². The number of furan rings is 1. The first kappa shape index (κ1) is 30.0. The fourth-order valence-corrected chi connectivity index (χ4v) is 7.85. The lowest BCUT2D eigenvalue weighted by atomic mass is 9.95. The van der Waals surface area contributed by atoms with Gasteiger partial charge in [0.2, 0.25) is 0 Å². The first-order valence-electron chi connectivity index (χ1n) is 17.8. The van der Waals surface area contributed by atoms with E-state index in [-0.39, 0.29) is 0 Å². The third-order valence-corrected chi connectivity index (χ3v) is 10.3. The van der Waals surface area contributed by atoms with Gasteiger partial charge < -0.3 is 9.32 Å². The van der Waals surface area contributed by atoms with Crippen LogP contribution in [0.5, 0.6) is 0 Å². The van der Waals surface area contributed by atoms with Gasteiger partial charge in [-0.15, -0.1) is 0 Å². The molecule has 244 valence electrons. The van der Waals surface area contributed by atoms with Crippen LogP contribution in [0.3, 0.4) is 0 Å². The van der Waals surface area contributed by atoms with Crippen LogP contribution in [0.15, 0.2) is 205 Å². The molecule has 10 aromatic rings. The van der Waals surface area contributed by atoms with Crippen molar-refractivity contribution in [3.05, 3.63) is 200 Å². The summed E-state index contributed by atoms with van der Waals surface area (Å²) in [6.45, 7) is 0. The van der Waals surface area contributed by atoms with Gasteiger partial charge in [0.1, 0.15) is 11.2 Å². The number of anilines is 3. The Morgan fingerprint density at radius 1 is 0.308 bits per heavy atom. The summed E-state index contributed by atoms with van der Waals surface area (Å²) in [6.07, 6.45) is 0. The highest BCUT2D eigenvalue weighted by atomic mass is 16.3. The zero-order valence-electron chi connectivity index (χ0n) is 28.4. The largest absolute Gasteiger partial charge is 0.456 e. The minimum atomic E-state index is 0.903. The highest BCUT2D eigenvalue weighted by Gasteiger charge is 2.19. The van der Waals surface area contributed by atoms with Crippen LogP contribution in [0.4, 0.5) is 17.1 Å². The molecule has 0 N–H and O–H groups in total. The molecule has 52 heavy (non-hydrogen) atoms. The molecule has 0 saturated carbocycles. The van der Waals surface area contributed by atoms with E-state index in [4.69, 9.17) is 4.42 Å². The quantitative estimate of drug-likeness (QED) is 0.176. The summed E-state index contributed by atoms with van der Waals surface area (Å²) in [5.41, 5.74) is 12.3. The third-order valence-electron chi connectivity index (χ3n) is 10.3. The summed E-state index contributed by atoms with van der Waals surface area (Å²) in [7, 11) is 0. The number of para-hydroxylation sites is 1. The molecule has 10 rings (SSSR count). The second kappa shape index (κ2) is 12.5. The molecule has 9 aromatic carbocycles. The molecule has 0 unspecified atom stereocenters. The first-order valence-corrected chi connectivity index (χ1v) is 17.8. The summed E-state index contributed by atoms with van der Waals surface area (Å²) < 4.78 is 6.23. The van der Waals surface area contributed by atoms with E-state index in [9.17, 15) is 0 Å². The van der Waals surface area contributed by atoms with Gasteiger partial charge in [-0.2, -0.15) is 0 Å². The standard InChI is InChI=1S/C50H33NO/c1-2-12-34(13-3-1)42-32-33-47(45-18-7-6-17-44(42)45)51(38-28-24-36(25-29-38)41-20-10-15-35-14-4-5-16-40(35)41)39-30-26-37(27-31-39)43-21-11-23-49-50(43)46-19-8-9-22-48(46)52-49/h1-33H. The van der Waals surface area contributed by atoms with Crippen LogP contribution in [0.25, 0.3) is 76.9 Å². The topological polar surface area (TPSA) is 16.4 Å². The molecule has 0 aliphatic rings. The van der Waals surface area contributed by atoms with E-state index in [0.717, 1.165) is 50.1 Å². The Labute approximate surface area is 302 Å². The highest BCUT2D eigenvalue weighted by Crippen LogP contribution is 2.44. The van der Waals surface area contributed by atoms with Crippen LogP contribution in [0, 0.1) is 0 Å². The Kier molecular flexibility index (Phi) is 7.18. The summed E-state index contributed by atoms with van der Waals surface area (Å²) in [5.74, 6) is 0. The van der Waals surface area contributed by atoms with E-state index in [1.54, 1.807) is 0 Å². The molecule has 0 amide bonds. The molecule has 0 saturated heterocycles. The van der Waals surface area contributed by atoms with E-state index in [1.165, 1.54) is 43.8 Å². The highest BCUT2D eigenvalue weighted by molar-refractivity contribution is 6.12. The van der Waals surface area contributed by atoms with Gasteiger partial charge in [0.25, 0.3) is 0 Å². The molecule has 0 bridgehead atoms. The molecule has 2 heteroatoms. The number of benzene rings is 9. The molecule has 2 nitrogen and oxygen atoms in total. The Morgan fingerprint density at radius 2 is 0.827 bits per heavy atom. The molecule has 0 aliphatic carbocycles. The van der Waals surface area contributed by atoms with Crippen molar-refractivity contribution in [1.82, 2.24) is 0 Å². The zero-order chi connectivity index (χ0) is 34.4. The van der Waals surface area contributed by atoms with Crippen LogP contribution in [0.1, 0.15) is 0 Å². The van der Waals surface area contributed by atoms with Crippen molar-refractivity contribution < 1.29 is 4.42 Å². The van der Waals surface area contributed by atoms with Gasteiger partial charge in [0.05, 0.1) is 5.69 Å². The second-order valence-corrected chi connectivity index (χ2v) is 13.3. The monoisotopic (exact) mass is 663 g/mol. The maximum Gasteiger partial charge on any atom is 0.136 e. The maximum atomic E-state index is 6.23. The Morgan fingerprint density at radius 3 is 1.60 bits per heavy atom. The van der Waals surface area contributed by atoms with Crippen LogP contribution in [-0.2, 0) is 0 Å². The number of rotatable bonds is 6. The molecule has 1 aromatic heterocycles. The van der Waals surface area contributed by atoms with Gasteiger partial charge in [0, 0.05) is 27.5 Å². The summed E-state index contributed by atoms with van der Waals surface area (Å²) in [6, 6.07) is 71.7. The van der Waals surface area contributed by atoms with Crippen LogP contribution in [-0.4, -0.2) is 0 Å². The van der Waals surface area contributed by atoms with Crippen LogP contribution in [0.2, 0.25) is 0 Å². The zero-order valence-corrected chi connectivity index (χ0v) is 28.4. The molecule has 1 heterocycles. The summed E-state index contributed by atoms with van der Waals surface area (Å²) in [4.78, 5) is 2.39. The Hall–Kier alpha value is -6.90. The predicted molar refractivity (Wildman–Crippen MR) is 220 cm³/mol. The fraction of sp³-hybridized carbons (Fsp3) is 0. The van der Waals surface area contributed by atoms with Gasteiger partial charge in [-0.05, 0) is 92.0 Å². The normalized spacial score (nSPS) is 11.5. The minimum Gasteiger partial charge on any atom is -0.456 e. The van der Waals surface area contributed by atoms with Crippen molar-refractivity contribution in [2.75, 3.05) is 4.90 Å². The van der Waals surface area contributed by atoms with E-state index in [1.807, 2.05) is 12.1 Å². The average molecular weight is 664 g/mol. The number of fused-ring (bicyclic) bond motifs is 5. The van der Waals surface area contributed by atoms with Crippen molar-refractivity contribution in [2.45, 2.75) is 0 Å². The van der Waals surface area contributed by atoms with Gasteiger partial charge in [-0.3, -0.25) is 0 Å². The molecule has 0 fully saturated rings. The van der Waals surface area contributed by atoms with E-state index < -0.39 is 0 Å². The lowest BCUT2D eigenvalue weighted by Crippen LogP contribution is -2.10. The van der Waals surface area contributed by atoms with Crippen LogP contribution < -0.4 is 4.90 Å². The SMILES string of the molecule is c1ccc(-c2ccc(N(c3ccc(-c4cccc5ccccc45)cc3)c3ccc(-c4cccc5oc6ccccc6c45)cc3)c3ccccc23)cc1. The van der Waals surface area contributed by atoms with E-state index >= 15 is 0 Å². The smallest absolute Gasteiger partial charge is 0.136 e. The minimum absolute atomic E-state index is 0.903. The van der Waals surface area contributed by atoms with Crippen molar-refractivity contribution >= 4 is 60.5 Å². The molecular formula is C50H33NO. The number of hydrogen-bond donors (Lipinski definition) is 0. The van der Waals surface area contributed by atoms with E-state index in [0.29, 0.717) is 0 Å². The molecule has 0 aliphatic heterocycles.